The Morgan fingerprint density at radius 2 is 1.69 bits per heavy atom. The number of aromatic nitrogens is 8. The van der Waals surface area contributed by atoms with E-state index in [1.807, 2.05) is 0 Å². The van der Waals surface area contributed by atoms with Crippen molar-refractivity contribution in [1.29, 1.82) is 5.26 Å². The Bertz CT molecular complexity index is 2930. The minimum atomic E-state index is -5.16. The molecule has 2 aromatic carbocycles. The van der Waals surface area contributed by atoms with Gasteiger partial charge >= 0.3 is 6.36 Å². The Hall–Kier alpha value is -7.21. The zero-order valence-corrected chi connectivity index (χ0v) is 34.5. The minimum Gasteiger partial charge on any atom is -0.405 e. The Morgan fingerprint density at radius 1 is 0.925 bits per heavy atom. The van der Waals surface area contributed by atoms with Crippen LogP contribution in [0.1, 0.15) is 63.8 Å². The molecular weight excluding hydrogens is 901 g/mol. The van der Waals surface area contributed by atoms with Crippen LogP contribution in [0.15, 0.2) is 43.0 Å². The predicted molar refractivity (Wildman–Crippen MR) is 218 cm³/mol. The first-order valence-corrected chi connectivity index (χ1v) is 20.7. The minimum absolute atomic E-state index is 0.118. The monoisotopic (exact) mass is 937 g/mol. The molecule has 1 saturated carbocycles. The van der Waals surface area contributed by atoms with Gasteiger partial charge in [0.2, 0.25) is 0 Å². The second-order valence-corrected chi connectivity index (χ2v) is 16.1. The average Bonchev–Trinajstić information content (AvgIpc) is 4.10. The Morgan fingerprint density at radius 3 is 2.42 bits per heavy atom. The highest BCUT2D eigenvalue weighted by Crippen LogP contribution is 2.40. The van der Waals surface area contributed by atoms with Gasteiger partial charge in [0.05, 0.1) is 65.8 Å². The highest BCUT2D eigenvalue weighted by atomic mass is 19.4. The summed E-state index contributed by atoms with van der Waals surface area (Å²) in [5.74, 6) is -6.71. The third-order valence-corrected chi connectivity index (χ3v) is 11.9. The molecule has 7 N–H and O–H groups in total. The quantitative estimate of drug-likeness (QED) is 0.0918. The summed E-state index contributed by atoms with van der Waals surface area (Å²) in [6.45, 7) is -0.461. The maximum Gasteiger partial charge on any atom is 0.573 e. The zero-order valence-electron chi connectivity index (χ0n) is 34.5. The Labute approximate surface area is 372 Å². The topological polar surface area (TPSA) is 274 Å². The number of hydrogen-bond donors (Lipinski definition) is 7. The van der Waals surface area contributed by atoms with E-state index in [1.54, 1.807) is 0 Å². The SMILES string of the molecule is N#C[C@H]1C[C@H](c2cc(F)c(-n3nc(C(=O)NCc4cc(F)ccc4OC(F)(F)F)c4c(N[C@@H]5CC[C@@H](O)[C@H]5O)ncnc43)cc2F)N(C(=O)c2n[nH]c3ncnc(N[C@@H]4COCC[C@H]4O)c23)C1. The summed E-state index contributed by atoms with van der Waals surface area (Å²) in [7, 11) is 0. The number of H-pyrrole nitrogens is 1. The molecule has 3 fully saturated rings. The van der Waals surface area contributed by atoms with Crippen LogP contribution in [0.5, 0.6) is 5.75 Å². The number of rotatable bonds is 11. The van der Waals surface area contributed by atoms with Crippen molar-refractivity contribution in [3.8, 4) is 17.5 Å². The number of nitrogens with one attached hydrogen (secondary N) is 4. The number of fused-ring (bicyclic) bond motifs is 2. The molecule has 2 aliphatic heterocycles. The van der Waals surface area contributed by atoms with E-state index in [4.69, 9.17) is 4.74 Å². The fraction of sp³-hybridized carbons (Fsp3) is 0.390. The van der Waals surface area contributed by atoms with Crippen LogP contribution in [0.2, 0.25) is 0 Å². The van der Waals surface area contributed by atoms with E-state index in [0.717, 1.165) is 35.3 Å². The number of aliphatic hydroxyl groups is 3. The third-order valence-electron chi connectivity index (χ3n) is 11.9. The normalized spacial score (nSPS) is 23.1. The van der Waals surface area contributed by atoms with Crippen LogP contribution in [0.3, 0.4) is 0 Å². The predicted octanol–water partition coefficient (Wildman–Crippen LogP) is 3.31. The van der Waals surface area contributed by atoms with Crippen LogP contribution in [0, 0.1) is 34.7 Å². The van der Waals surface area contributed by atoms with E-state index in [1.165, 1.54) is 11.2 Å². The van der Waals surface area contributed by atoms with E-state index in [2.05, 4.69) is 62.0 Å². The maximum absolute atomic E-state index is 16.7. The number of halogens is 6. The summed E-state index contributed by atoms with van der Waals surface area (Å²) in [5.41, 5.74) is -2.28. The molecule has 20 nitrogen and oxygen atoms in total. The molecule has 2 saturated heterocycles. The van der Waals surface area contributed by atoms with Gasteiger partial charge in [-0.25, -0.2) is 37.8 Å². The van der Waals surface area contributed by atoms with Crippen molar-refractivity contribution in [3.63, 3.8) is 0 Å². The zero-order chi connectivity index (χ0) is 47.3. The fourth-order valence-corrected chi connectivity index (χ4v) is 8.57. The summed E-state index contributed by atoms with van der Waals surface area (Å²) in [4.78, 5) is 46.3. The number of hydrogen-bond acceptors (Lipinski definition) is 16. The molecule has 26 heteroatoms. The second kappa shape index (κ2) is 17.9. The van der Waals surface area contributed by atoms with Crippen LogP contribution in [0.4, 0.5) is 38.0 Å². The van der Waals surface area contributed by atoms with Gasteiger partial charge in [-0.3, -0.25) is 14.7 Å². The number of aromatic amines is 1. The number of alkyl halides is 3. The largest absolute Gasteiger partial charge is 0.573 e. The van der Waals surface area contributed by atoms with Crippen molar-refractivity contribution in [1.82, 2.24) is 50.1 Å². The number of aliphatic hydroxyl groups excluding tert-OH is 3. The lowest BCUT2D eigenvalue weighted by atomic mass is 9.99. The molecule has 9 rings (SSSR count). The van der Waals surface area contributed by atoms with Crippen LogP contribution in [0.25, 0.3) is 27.8 Å². The summed E-state index contributed by atoms with van der Waals surface area (Å²) in [6, 6.07) is 3.12. The molecule has 4 aromatic heterocycles. The summed E-state index contributed by atoms with van der Waals surface area (Å²) in [6.07, 6.45) is -5.49. The van der Waals surface area contributed by atoms with Gasteiger partial charge in [-0.15, -0.1) is 13.2 Å². The highest BCUT2D eigenvalue weighted by Gasteiger charge is 2.41. The van der Waals surface area contributed by atoms with Crippen molar-refractivity contribution in [3.05, 3.63) is 83.0 Å². The standard InChI is InChI=1S/C41H37F6N13O7/c42-19-1-4-29(67-41(45,46)47)18(8-19)12-49-39(64)32-31-36(54-23-2-3-28(62)34(23)63)51-16-53-38(31)60(58-32)26-10-21(43)20(9-22(26)44)25-7-17(11-48)13-59(25)40(65)33-30-35(50-15-52-37(30)57-56-33)55-24-14-66-6-5-27(24)61/h1,4,8-10,15-17,23-25,27-28,34,61-63H,2-3,5-7,12-14H2,(H,49,64)(H,51,53,54)(H2,50,52,55,56,57)/t17-,23-,24-,25-,27-,28-,34+/m1/s1. The van der Waals surface area contributed by atoms with Gasteiger partial charge in [-0.2, -0.15) is 15.5 Å². The number of nitrogens with zero attached hydrogens (tertiary/aromatic N) is 9. The lowest BCUT2D eigenvalue weighted by molar-refractivity contribution is -0.274. The third kappa shape index (κ3) is 8.80. The van der Waals surface area contributed by atoms with E-state index < -0.39 is 107 Å². The number of carbonyl (C=O) groups excluding carboxylic acids is 2. The van der Waals surface area contributed by atoms with Crippen molar-refractivity contribution in [2.45, 2.75) is 75.0 Å². The number of nitriles is 1. The molecule has 0 unspecified atom stereocenters. The van der Waals surface area contributed by atoms with Crippen molar-refractivity contribution < 1.29 is 60.7 Å². The van der Waals surface area contributed by atoms with E-state index >= 15 is 8.78 Å². The van der Waals surface area contributed by atoms with Gasteiger partial charge in [0, 0.05) is 36.9 Å². The molecule has 350 valence electrons. The van der Waals surface area contributed by atoms with Crippen molar-refractivity contribution >= 4 is 45.5 Å². The number of amides is 2. The van der Waals surface area contributed by atoms with E-state index in [9.17, 15) is 47.7 Å². The average molecular weight is 938 g/mol. The molecule has 6 heterocycles. The Kier molecular flexibility index (Phi) is 12.0. The number of benzene rings is 2. The lowest BCUT2D eigenvalue weighted by Gasteiger charge is -2.29. The molecule has 67 heavy (non-hydrogen) atoms. The summed E-state index contributed by atoms with van der Waals surface area (Å²) in [5, 5.41) is 60.7. The van der Waals surface area contributed by atoms with E-state index in [0.29, 0.717) is 19.1 Å². The van der Waals surface area contributed by atoms with Crippen LogP contribution in [-0.2, 0) is 11.3 Å². The molecule has 6 aromatic rings. The van der Waals surface area contributed by atoms with Crippen molar-refractivity contribution in [2.24, 2.45) is 5.92 Å². The lowest BCUT2D eigenvalue weighted by Crippen LogP contribution is -2.42. The van der Waals surface area contributed by atoms with Gasteiger partial charge in [0.25, 0.3) is 11.8 Å². The van der Waals surface area contributed by atoms with Gasteiger partial charge in [0.1, 0.15) is 53.2 Å². The molecule has 0 spiro atoms. The smallest absolute Gasteiger partial charge is 0.405 e. The molecule has 1 aliphatic carbocycles. The summed E-state index contributed by atoms with van der Waals surface area (Å²) < 4.78 is 97.3. The number of likely N-dealkylation sites (tertiary alicyclic amines) is 1. The molecule has 2 amide bonds. The molecule has 0 bridgehead atoms. The van der Waals surface area contributed by atoms with Gasteiger partial charge in [-0.1, -0.05) is 0 Å². The fourth-order valence-electron chi connectivity index (χ4n) is 8.57. The summed E-state index contributed by atoms with van der Waals surface area (Å²) >= 11 is 0. The highest BCUT2D eigenvalue weighted by molar-refractivity contribution is 6.09. The molecule has 0 radical (unpaired) electrons. The maximum atomic E-state index is 16.7. The number of ether oxygens (including phenoxy) is 2. The second-order valence-electron chi connectivity index (χ2n) is 16.1. The molecule has 7 atom stereocenters. The van der Waals surface area contributed by atoms with Crippen LogP contribution >= 0.6 is 0 Å². The first-order valence-electron chi connectivity index (χ1n) is 20.7. The van der Waals surface area contributed by atoms with Gasteiger partial charge in [-0.05, 0) is 49.9 Å². The first kappa shape index (κ1) is 45.0. The number of carbonyl (C=O) groups is 2. The first-order chi connectivity index (χ1) is 32.1. The van der Waals surface area contributed by atoms with Crippen LogP contribution in [-0.4, -0.2) is 128 Å². The Balaban J connectivity index is 1.07. The van der Waals surface area contributed by atoms with Gasteiger partial charge < -0.3 is 45.6 Å². The van der Waals surface area contributed by atoms with Gasteiger partial charge in [0.15, 0.2) is 22.7 Å². The molecular formula is C41H37F6N13O7. The van der Waals surface area contributed by atoms with Crippen molar-refractivity contribution in [2.75, 3.05) is 30.4 Å². The number of anilines is 2. The van der Waals surface area contributed by atoms with Crippen LogP contribution < -0.4 is 20.7 Å². The molecule has 3 aliphatic rings. The van der Waals surface area contributed by atoms with E-state index in [-0.39, 0.29) is 77.4 Å².